The van der Waals surface area contributed by atoms with E-state index < -0.39 is 6.61 Å². The molecule has 0 unspecified atom stereocenters. The van der Waals surface area contributed by atoms with Crippen LogP contribution < -0.4 is 4.74 Å². The second kappa shape index (κ2) is 4.38. The molecule has 0 spiro atoms. The van der Waals surface area contributed by atoms with Gasteiger partial charge in [-0.25, -0.2) is 0 Å². The lowest BCUT2D eigenvalue weighted by atomic mass is 10.0. The minimum Gasteiger partial charge on any atom is -0.434 e. The zero-order valence-corrected chi connectivity index (χ0v) is 8.80. The Morgan fingerprint density at radius 3 is 2.40 bits per heavy atom. The topological polar surface area (TPSA) is 26.3 Å². The molecule has 15 heavy (non-hydrogen) atoms. The Bertz CT molecular complexity index is 386. The number of alkyl halides is 2. The van der Waals surface area contributed by atoms with E-state index in [1.807, 2.05) is 0 Å². The molecule has 0 saturated carbocycles. The van der Waals surface area contributed by atoms with E-state index in [1.165, 1.54) is 13.0 Å². The quantitative estimate of drug-likeness (QED) is 0.722. The molecule has 0 amide bonds. The van der Waals surface area contributed by atoms with Gasteiger partial charge in [-0.15, -0.1) is 0 Å². The number of ketones is 1. The summed E-state index contributed by atoms with van der Waals surface area (Å²) in [7, 11) is 0. The monoisotopic (exact) mass is 214 g/mol. The van der Waals surface area contributed by atoms with Crippen molar-refractivity contribution < 1.29 is 18.3 Å². The molecule has 0 aliphatic heterocycles. The van der Waals surface area contributed by atoms with Gasteiger partial charge in [-0.05, 0) is 38.0 Å². The zero-order valence-electron chi connectivity index (χ0n) is 8.80. The number of hydrogen-bond acceptors (Lipinski definition) is 2. The number of ether oxygens (including phenoxy) is 1. The molecule has 1 aromatic carbocycles. The summed E-state index contributed by atoms with van der Waals surface area (Å²) in [4.78, 5) is 11.3. The molecule has 4 heteroatoms. The molecule has 0 atom stereocenters. The van der Waals surface area contributed by atoms with Crippen LogP contribution in [-0.4, -0.2) is 12.4 Å². The Kier molecular flexibility index (Phi) is 3.39. The van der Waals surface area contributed by atoms with E-state index in [0.29, 0.717) is 5.56 Å². The number of carbonyl (C=O) groups excluding carboxylic acids is 1. The van der Waals surface area contributed by atoms with Crippen LogP contribution in [0.3, 0.4) is 0 Å². The van der Waals surface area contributed by atoms with E-state index in [0.717, 1.165) is 5.56 Å². The van der Waals surface area contributed by atoms with Crippen molar-refractivity contribution in [1.82, 2.24) is 0 Å². The number of hydrogen-bond donors (Lipinski definition) is 0. The molecule has 1 rings (SSSR count). The summed E-state index contributed by atoms with van der Waals surface area (Å²) >= 11 is 0. The van der Waals surface area contributed by atoms with Gasteiger partial charge in [-0.1, -0.05) is 6.07 Å². The summed E-state index contributed by atoms with van der Waals surface area (Å²) in [6.07, 6.45) is 0. The Morgan fingerprint density at radius 2 is 1.93 bits per heavy atom. The molecule has 0 aliphatic carbocycles. The number of carbonyl (C=O) groups is 1. The van der Waals surface area contributed by atoms with Crippen molar-refractivity contribution in [3.05, 3.63) is 28.8 Å². The third-order valence-corrected chi connectivity index (χ3v) is 2.01. The molecule has 0 fully saturated rings. The number of benzene rings is 1. The molecule has 82 valence electrons. The lowest BCUT2D eigenvalue weighted by Gasteiger charge is -2.12. The maximum atomic E-state index is 12.1. The number of rotatable bonds is 3. The molecular weight excluding hydrogens is 202 g/mol. The summed E-state index contributed by atoms with van der Waals surface area (Å²) in [6.45, 7) is 1.87. The number of Topliss-reactive ketones (excluding diaryl/α,β-unsaturated/α-hetero) is 1. The van der Waals surface area contributed by atoms with Crippen molar-refractivity contribution in [2.45, 2.75) is 27.4 Å². The predicted molar refractivity (Wildman–Crippen MR) is 52.6 cm³/mol. The molecule has 0 aromatic heterocycles. The van der Waals surface area contributed by atoms with E-state index >= 15 is 0 Å². The first-order chi connectivity index (χ1) is 6.91. The predicted octanol–water partition coefficient (Wildman–Crippen LogP) is 3.11. The Labute approximate surface area is 86.9 Å². The fourth-order valence-corrected chi connectivity index (χ4v) is 1.57. The van der Waals surface area contributed by atoms with Crippen LogP contribution in [0.4, 0.5) is 8.78 Å². The molecule has 0 N–H and O–H groups in total. The second-order valence-corrected chi connectivity index (χ2v) is 3.39. The SMILES string of the molecule is CC(=O)c1c(C)cc(C)cc1OC(F)F. The van der Waals surface area contributed by atoms with Crippen LogP contribution in [0.5, 0.6) is 5.75 Å². The molecule has 2 nitrogen and oxygen atoms in total. The lowest BCUT2D eigenvalue weighted by molar-refractivity contribution is -0.0501. The standard InChI is InChI=1S/C11H12F2O2/c1-6-4-7(2)10(8(3)14)9(5-6)15-11(12)13/h4-5,11H,1-3H3. The first-order valence-electron chi connectivity index (χ1n) is 4.49. The van der Waals surface area contributed by atoms with Crippen LogP contribution >= 0.6 is 0 Å². The highest BCUT2D eigenvalue weighted by Gasteiger charge is 2.15. The Balaban J connectivity index is 3.27. The van der Waals surface area contributed by atoms with Gasteiger partial charge >= 0.3 is 6.61 Å². The van der Waals surface area contributed by atoms with Gasteiger partial charge in [0.25, 0.3) is 0 Å². The van der Waals surface area contributed by atoms with Gasteiger partial charge in [0.05, 0.1) is 5.56 Å². The van der Waals surface area contributed by atoms with Crippen molar-refractivity contribution in [3.63, 3.8) is 0 Å². The molecule has 0 heterocycles. The second-order valence-electron chi connectivity index (χ2n) is 3.39. The highest BCUT2D eigenvalue weighted by Crippen LogP contribution is 2.26. The van der Waals surface area contributed by atoms with Crippen LogP contribution in [0.15, 0.2) is 12.1 Å². The minimum absolute atomic E-state index is 0.0463. The normalized spacial score (nSPS) is 10.5. The molecule has 0 radical (unpaired) electrons. The molecular formula is C11H12F2O2. The fourth-order valence-electron chi connectivity index (χ4n) is 1.57. The summed E-state index contributed by atoms with van der Waals surface area (Å²) in [5, 5.41) is 0. The van der Waals surface area contributed by atoms with Gasteiger partial charge in [-0.3, -0.25) is 4.79 Å². The maximum Gasteiger partial charge on any atom is 0.387 e. The van der Waals surface area contributed by atoms with Crippen LogP contribution in [-0.2, 0) is 0 Å². The highest BCUT2D eigenvalue weighted by atomic mass is 19.3. The van der Waals surface area contributed by atoms with Crippen LogP contribution in [0.2, 0.25) is 0 Å². The fraction of sp³-hybridized carbons (Fsp3) is 0.364. The Hall–Kier alpha value is -1.45. The zero-order chi connectivity index (χ0) is 11.6. The van der Waals surface area contributed by atoms with E-state index in [4.69, 9.17) is 0 Å². The average Bonchev–Trinajstić information content (AvgIpc) is 1.99. The smallest absolute Gasteiger partial charge is 0.387 e. The van der Waals surface area contributed by atoms with Crippen molar-refractivity contribution >= 4 is 5.78 Å². The van der Waals surface area contributed by atoms with Gasteiger partial charge in [0, 0.05) is 0 Å². The van der Waals surface area contributed by atoms with Gasteiger partial charge in [0.2, 0.25) is 0 Å². The molecule has 0 aliphatic rings. The van der Waals surface area contributed by atoms with Crippen molar-refractivity contribution in [2.75, 3.05) is 0 Å². The van der Waals surface area contributed by atoms with E-state index in [1.54, 1.807) is 19.9 Å². The van der Waals surface area contributed by atoms with Crippen LogP contribution in [0, 0.1) is 13.8 Å². The molecule has 0 bridgehead atoms. The third kappa shape index (κ3) is 2.75. The Morgan fingerprint density at radius 1 is 1.33 bits per heavy atom. The summed E-state index contributed by atoms with van der Waals surface area (Å²) < 4.78 is 28.5. The third-order valence-electron chi connectivity index (χ3n) is 2.01. The van der Waals surface area contributed by atoms with Crippen molar-refractivity contribution in [2.24, 2.45) is 0 Å². The van der Waals surface area contributed by atoms with Crippen LogP contribution in [0.1, 0.15) is 28.4 Å². The number of halogens is 2. The number of aryl methyl sites for hydroxylation is 2. The average molecular weight is 214 g/mol. The molecule has 0 saturated heterocycles. The van der Waals surface area contributed by atoms with Crippen molar-refractivity contribution in [3.8, 4) is 5.75 Å². The van der Waals surface area contributed by atoms with Gasteiger partial charge in [0.1, 0.15) is 5.75 Å². The minimum atomic E-state index is -2.91. The summed E-state index contributed by atoms with van der Waals surface area (Å²) in [6, 6.07) is 3.20. The van der Waals surface area contributed by atoms with E-state index in [-0.39, 0.29) is 17.1 Å². The summed E-state index contributed by atoms with van der Waals surface area (Å²) in [5.74, 6) is -0.321. The largest absolute Gasteiger partial charge is 0.434 e. The molecule has 1 aromatic rings. The first kappa shape index (κ1) is 11.6. The van der Waals surface area contributed by atoms with E-state index in [2.05, 4.69) is 4.74 Å². The first-order valence-corrected chi connectivity index (χ1v) is 4.49. The summed E-state index contributed by atoms with van der Waals surface area (Å²) in [5.41, 5.74) is 1.66. The van der Waals surface area contributed by atoms with Crippen molar-refractivity contribution in [1.29, 1.82) is 0 Å². The highest BCUT2D eigenvalue weighted by molar-refractivity contribution is 5.98. The maximum absolute atomic E-state index is 12.1. The van der Waals surface area contributed by atoms with Gasteiger partial charge in [-0.2, -0.15) is 8.78 Å². The van der Waals surface area contributed by atoms with Gasteiger partial charge < -0.3 is 4.74 Å². The van der Waals surface area contributed by atoms with E-state index in [9.17, 15) is 13.6 Å². The lowest BCUT2D eigenvalue weighted by Crippen LogP contribution is -2.08. The van der Waals surface area contributed by atoms with Gasteiger partial charge in [0.15, 0.2) is 5.78 Å². The van der Waals surface area contributed by atoms with Crippen LogP contribution in [0.25, 0.3) is 0 Å².